The van der Waals surface area contributed by atoms with Crippen molar-refractivity contribution >= 4 is 0 Å². The van der Waals surface area contributed by atoms with Gasteiger partial charge in [0.25, 0.3) is 0 Å². The van der Waals surface area contributed by atoms with E-state index in [1.54, 1.807) is 19.2 Å². The molecule has 2 aromatic carbocycles. The van der Waals surface area contributed by atoms with Crippen LogP contribution in [0.15, 0.2) is 66.9 Å². The van der Waals surface area contributed by atoms with Crippen LogP contribution in [0.4, 0.5) is 0 Å². The Bertz CT molecular complexity index is 919. The predicted molar refractivity (Wildman–Crippen MR) is 114 cm³/mol. The summed E-state index contributed by atoms with van der Waals surface area (Å²) in [5.74, 6) is 1.94. The van der Waals surface area contributed by atoms with Crippen LogP contribution in [0.1, 0.15) is 48.4 Å². The number of ether oxygens (including phenoxy) is 2. The number of aromatic hydroxyl groups is 1. The van der Waals surface area contributed by atoms with Gasteiger partial charge in [-0.15, -0.1) is 0 Å². The summed E-state index contributed by atoms with van der Waals surface area (Å²) in [4.78, 5) is 4.52. The second kappa shape index (κ2) is 8.99. The summed E-state index contributed by atoms with van der Waals surface area (Å²) in [6.07, 6.45) is 7.50. The maximum absolute atomic E-state index is 9.72. The van der Waals surface area contributed by atoms with E-state index < -0.39 is 0 Å². The van der Waals surface area contributed by atoms with Gasteiger partial charge in [0.1, 0.15) is 5.75 Å². The smallest absolute Gasteiger partial charge is 0.161 e. The van der Waals surface area contributed by atoms with Gasteiger partial charge in [0.15, 0.2) is 11.5 Å². The van der Waals surface area contributed by atoms with Crippen LogP contribution in [-0.2, 0) is 6.42 Å². The fourth-order valence-corrected chi connectivity index (χ4v) is 4.05. The molecule has 1 fully saturated rings. The lowest BCUT2D eigenvalue weighted by Crippen LogP contribution is -2.13. The molecule has 4 heteroatoms. The largest absolute Gasteiger partial charge is 0.508 e. The number of benzene rings is 2. The molecule has 1 N–H and O–H groups in total. The standard InChI is InChI=1S/C25H27NO3/c1-28-24-14-11-19(16-25(24)29-22-7-2-3-8-22)23(17-20-6-4-5-15-26-20)18-9-12-21(27)13-10-18/h4-6,9-16,22-23,27H,2-3,7-8,17H2,1H3. The molecule has 150 valence electrons. The first-order chi connectivity index (χ1) is 14.2. The number of pyridine rings is 1. The number of phenols is 1. The van der Waals surface area contributed by atoms with Crippen molar-refractivity contribution in [1.29, 1.82) is 0 Å². The lowest BCUT2D eigenvalue weighted by molar-refractivity contribution is 0.200. The monoisotopic (exact) mass is 389 g/mol. The first-order valence-electron chi connectivity index (χ1n) is 10.3. The van der Waals surface area contributed by atoms with Crippen molar-refractivity contribution in [2.24, 2.45) is 0 Å². The molecule has 1 heterocycles. The van der Waals surface area contributed by atoms with E-state index in [1.807, 2.05) is 42.6 Å². The zero-order valence-corrected chi connectivity index (χ0v) is 16.8. The Morgan fingerprint density at radius 3 is 2.41 bits per heavy atom. The van der Waals surface area contributed by atoms with E-state index in [4.69, 9.17) is 9.47 Å². The molecular formula is C25H27NO3. The van der Waals surface area contributed by atoms with E-state index >= 15 is 0 Å². The number of aromatic nitrogens is 1. The molecule has 3 aromatic rings. The van der Waals surface area contributed by atoms with Gasteiger partial charge < -0.3 is 14.6 Å². The minimum absolute atomic E-state index is 0.0994. The molecule has 1 aliphatic carbocycles. The lowest BCUT2D eigenvalue weighted by atomic mass is 9.87. The highest BCUT2D eigenvalue weighted by atomic mass is 16.5. The van der Waals surface area contributed by atoms with Crippen molar-refractivity contribution in [3.63, 3.8) is 0 Å². The van der Waals surface area contributed by atoms with Crippen LogP contribution >= 0.6 is 0 Å². The fraction of sp³-hybridized carbons (Fsp3) is 0.320. The normalized spacial score (nSPS) is 15.2. The first kappa shape index (κ1) is 19.3. The average Bonchev–Trinajstić information content (AvgIpc) is 3.27. The molecule has 1 aromatic heterocycles. The Morgan fingerprint density at radius 2 is 1.72 bits per heavy atom. The maximum Gasteiger partial charge on any atom is 0.161 e. The van der Waals surface area contributed by atoms with Crippen LogP contribution in [0.25, 0.3) is 0 Å². The molecule has 1 atom stereocenters. The van der Waals surface area contributed by atoms with Gasteiger partial charge in [-0.05, 0) is 73.2 Å². The fourth-order valence-electron chi connectivity index (χ4n) is 4.05. The number of hydrogen-bond donors (Lipinski definition) is 1. The van der Waals surface area contributed by atoms with Crippen molar-refractivity contribution < 1.29 is 14.6 Å². The van der Waals surface area contributed by atoms with E-state index in [0.717, 1.165) is 47.6 Å². The van der Waals surface area contributed by atoms with Crippen molar-refractivity contribution in [2.45, 2.75) is 44.1 Å². The molecule has 29 heavy (non-hydrogen) atoms. The highest BCUT2D eigenvalue weighted by Crippen LogP contribution is 2.37. The molecule has 1 aliphatic rings. The number of hydrogen-bond acceptors (Lipinski definition) is 4. The summed E-state index contributed by atoms with van der Waals surface area (Å²) < 4.78 is 11.9. The zero-order valence-electron chi connectivity index (χ0n) is 16.8. The summed E-state index contributed by atoms with van der Waals surface area (Å²) in [5, 5.41) is 9.72. The maximum atomic E-state index is 9.72. The van der Waals surface area contributed by atoms with Crippen LogP contribution in [0, 0.1) is 0 Å². The summed E-state index contributed by atoms with van der Waals surface area (Å²) in [7, 11) is 1.68. The summed E-state index contributed by atoms with van der Waals surface area (Å²) in [6, 6.07) is 19.6. The number of phenolic OH excluding ortho intramolecular Hbond substituents is 1. The molecule has 0 aliphatic heterocycles. The molecule has 4 nitrogen and oxygen atoms in total. The van der Waals surface area contributed by atoms with Crippen molar-refractivity contribution in [2.75, 3.05) is 7.11 Å². The van der Waals surface area contributed by atoms with E-state index in [0.29, 0.717) is 0 Å². The summed E-state index contributed by atoms with van der Waals surface area (Å²) >= 11 is 0. The quantitative estimate of drug-likeness (QED) is 0.580. The van der Waals surface area contributed by atoms with Gasteiger partial charge in [0.2, 0.25) is 0 Å². The zero-order chi connectivity index (χ0) is 20.1. The Balaban J connectivity index is 1.69. The molecular weight excluding hydrogens is 362 g/mol. The van der Waals surface area contributed by atoms with Crippen LogP contribution in [0.3, 0.4) is 0 Å². The van der Waals surface area contributed by atoms with Crippen LogP contribution in [0.2, 0.25) is 0 Å². The van der Waals surface area contributed by atoms with Gasteiger partial charge in [-0.1, -0.05) is 24.3 Å². The Hall–Kier alpha value is -3.01. The van der Waals surface area contributed by atoms with Gasteiger partial charge >= 0.3 is 0 Å². The second-order valence-corrected chi connectivity index (χ2v) is 7.60. The van der Waals surface area contributed by atoms with Gasteiger partial charge in [-0.3, -0.25) is 4.98 Å². The summed E-state index contributed by atoms with van der Waals surface area (Å²) in [6.45, 7) is 0. The van der Waals surface area contributed by atoms with Gasteiger partial charge in [0, 0.05) is 24.2 Å². The van der Waals surface area contributed by atoms with Crippen LogP contribution < -0.4 is 9.47 Å². The molecule has 0 amide bonds. The Kier molecular flexibility index (Phi) is 5.99. The Morgan fingerprint density at radius 1 is 0.966 bits per heavy atom. The number of rotatable bonds is 7. The molecule has 0 spiro atoms. The van der Waals surface area contributed by atoms with Crippen LogP contribution in [0.5, 0.6) is 17.2 Å². The first-order valence-corrected chi connectivity index (χ1v) is 10.3. The molecule has 1 unspecified atom stereocenters. The molecule has 4 rings (SSSR count). The minimum Gasteiger partial charge on any atom is -0.508 e. The third-order valence-electron chi connectivity index (χ3n) is 5.62. The Labute approximate surface area is 172 Å². The molecule has 0 saturated heterocycles. The van der Waals surface area contributed by atoms with E-state index in [1.165, 1.54) is 12.8 Å². The third kappa shape index (κ3) is 4.70. The molecule has 0 radical (unpaired) electrons. The highest BCUT2D eigenvalue weighted by Gasteiger charge is 2.21. The van der Waals surface area contributed by atoms with Crippen LogP contribution in [-0.4, -0.2) is 23.3 Å². The van der Waals surface area contributed by atoms with E-state index in [-0.39, 0.29) is 17.8 Å². The van der Waals surface area contributed by atoms with E-state index in [9.17, 15) is 5.11 Å². The lowest BCUT2D eigenvalue weighted by Gasteiger charge is -2.21. The topological polar surface area (TPSA) is 51.6 Å². The number of nitrogens with zero attached hydrogens (tertiary/aromatic N) is 1. The summed E-state index contributed by atoms with van der Waals surface area (Å²) in [5.41, 5.74) is 3.31. The highest BCUT2D eigenvalue weighted by molar-refractivity contribution is 5.47. The molecule has 0 bridgehead atoms. The minimum atomic E-state index is 0.0994. The van der Waals surface area contributed by atoms with Gasteiger partial charge in [0.05, 0.1) is 13.2 Å². The number of methoxy groups -OCH3 is 1. The average molecular weight is 389 g/mol. The molecule has 1 saturated carbocycles. The third-order valence-corrected chi connectivity index (χ3v) is 5.62. The van der Waals surface area contributed by atoms with Gasteiger partial charge in [-0.25, -0.2) is 0 Å². The van der Waals surface area contributed by atoms with Crippen molar-refractivity contribution in [3.8, 4) is 17.2 Å². The second-order valence-electron chi connectivity index (χ2n) is 7.60. The van der Waals surface area contributed by atoms with Crippen molar-refractivity contribution in [3.05, 3.63) is 83.7 Å². The predicted octanol–water partition coefficient (Wildman–Crippen LogP) is 5.49. The van der Waals surface area contributed by atoms with Gasteiger partial charge in [-0.2, -0.15) is 0 Å². The van der Waals surface area contributed by atoms with E-state index in [2.05, 4.69) is 17.1 Å². The SMILES string of the molecule is COc1ccc(C(Cc2ccccn2)c2ccc(O)cc2)cc1OC1CCCC1. The van der Waals surface area contributed by atoms with Crippen molar-refractivity contribution in [1.82, 2.24) is 4.98 Å².